The fraction of sp³-hybridized carbons (Fsp3) is 0.290. The predicted molar refractivity (Wildman–Crippen MR) is 156 cm³/mol. The lowest BCUT2D eigenvalue weighted by atomic mass is 9.87. The molecule has 0 aromatic carbocycles. The summed E-state index contributed by atoms with van der Waals surface area (Å²) in [6, 6.07) is 9.25. The summed E-state index contributed by atoms with van der Waals surface area (Å²) in [5.74, 6) is 4.05. The quantitative estimate of drug-likeness (QED) is 0.247. The smallest absolute Gasteiger partial charge is 0.270 e. The minimum Gasteiger partial charge on any atom is -0.364 e. The summed E-state index contributed by atoms with van der Waals surface area (Å²) in [4.78, 5) is 57.4. The van der Waals surface area contributed by atoms with Crippen LogP contribution in [0.5, 0.6) is 0 Å². The van der Waals surface area contributed by atoms with E-state index in [4.69, 9.17) is 5.73 Å². The maximum atomic E-state index is 12.8. The van der Waals surface area contributed by atoms with Crippen LogP contribution in [-0.4, -0.2) is 53.2 Å². The first-order valence-electron chi connectivity index (χ1n) is 13.3. The van der Waals surface area contributed by atoms with Crippen LogP contribution in [0.4, 0.5) is 0 Å². The molecule has 2 aromatic heterocycles. The fourth-order valence-corrected chi connectivity index (χ4v) is 4.11. The summed E-state index contributed by atoms with van der Waals surface area (Å²) < 4.78 is 0. The molecule has 0 spiro atoms. The molecule has 0 fully saturated rings. The Morgan fingerprint density at radius 3 is 2.05 bits per heavy atom. The summed E-state index contributed by atoms with van der Waals surface area (Å²) >= 11 is 0. The Labute approximate surface area is 239 Å². The Morgan fingerprint density at radius 2 is 1.46 bits per heavy atom. The zero-order valence-electron chi connectivity index (χ0n) is 23.4. The lowest BCUT2D eigenvalue weighted by molar-refractivity contribution is 0.0935. The number of hydrogen-bond acceptors (Lipinski definition) is 6. The van der Waals surface area contributed by atoms with Gasteiger partial charge in [-0.05, 0) is 62.1 Å². The second-order valence-electron chi connectivity index (χ2n) is 9.40. The number of hydrogen-bond donors (Lipinski definition) is 4. The molecule has 2 heterocycles. The first-order valence-corrected chi connectivity index (χ1v) is 13.3. The van der Waals surface area contributed by atoms with Crippen LogP contribution in [0.25, 0.3) is 0 Å². The SMILES string of the molecule is CC#C[C@H]1CC(CNC(=O)c2cccc(C(N)=O)n2)=CC=C1CNC(=O)c1cccc(C(=O)NC/C(C)=C/CC)n1. The number of carbonyl (C=O) groups is 4. The molecule has 1 aliphatic rings. The van der Waals surface area contributed by atoms with Crippen LogP contribution in [0.2, 0.25) is 0 Å². The third kappa shape index (κ3) is 9.00. The first-order chi connectivity index (χ1) is 19.7. The van der Waals surface area contributed by atoms with Crippen molar-refractivity contribution in [3.05, 3.63) is 94.1 Å². The van der Waals surface area contributed by atoms with Crippen LogP contribution in [0, 0.1) is 17.8 Å². The second-order valence-corrected chi connectivity index (χ2v) is 9.40. The molecular formula is C31H34N6O4. The summed E-state index contributed by atoms with van der Waals surface area (Å²) in [6.45, 7) is 6.64. The molecule has 0 saturated carbocycles. The number of pyridine rings is 2. The van der Waals surface area contributed by atoms with E-state index in [1.165, 1.54) is 12.1 Å². The molecule has 0 bridgehead atoms. The molecule has 212 valence electrons. The molecule has 41 heavy (non-hydrogen) atoms. The number of nitrogens with zero attached hydrogens (tertiary/aromatic N) is 2. The molecular weight excluding hydrogens is 520 g/mol. The normalized spacial score (nSPS) is 14.5. The van der Waals surface area contributed by atoms with Gasteiger partial charge in [0.25, 0.3) is 23.6 Å². The van der Waals surface area contributed by atoms with Gasteiger partial charge in [-0.1, -0.05) is 48.8 Å². The Balaban J connectivity index is 1.61. The van der Waals surface area contributed by atoms with Gasteiger partial charge in [-0.3, -0.25) is 19.2 Å². The Hall–Kier alpha value is -5.04. The van der Waals surface area contributed by atoms with Gasteiger partial charge >= 0.3 is 0 Å². The van der Waals surface area contributed by atoms with Gasteiger partial charge in [0.05, 0.1) is 0 Å². The van der Waals surface area contributed by atoms with Crippen LogP contribution in [0.3, 0.4) is 0 Å². The summed E-state index contributed by atoms with van der Waals surface area (Å²) in [6.07, 6.45) is 7.26. The van der Waals surface area contributed by atoms with E-state index in [0.717, 1.165) is 23.1 Å². The van der Waals surface area contributed by atoms with E-state index in [9.17, 15) is 19.2 Å². The number of primary amides is 1. The van der Waals surface area contributed by atoms with Crippen molar-refractivity contribution in [2.24, 2.45) is 11.7 Å². The molecule has 0 radical (unpaired) electrons. The Bertz CT molecular complexity index is 1480. The minimum absolute atomic E-state index is 0.0162. The molecule has 5 N–H and O–H groups in total. The highest BCUT2D eigenvalue weighted by atomic mass is 16.2. The van der Waals surface area contributed by atoms with Crippen molar-refractivity contribution in [3.63, 3.8) is 0 Å². The topological polar surface area (TPSA) is 156 Å². The molecule has 0 saturated heterocycles. The number of rotatable bonds is 11. The number of nitrogens with one attached hydrogen (secondary N) is 3. The molecule has 10 nitrogen and oxygen atoms in total. The van der Waals surface area contributed by atoms with Gasteiger partial charge in [-0.15, -0.1) is 5.92 Å². The third-order valence-corrected chi connectivity index (χ3v) is 6.22. The zero-order valence-corrected chi connectivity index (χ0v) is 23.4. The Morgan fingerprint density at radius 1 is 0.902 bits per heavy atom. The maximum Gasteiger partial charge on any atom is 0.270 e. The molecule has 10 heteroatoms. The molecule has 1 aliphatic carbocycles. The van der Waals surface area contributed by atoms with Gasteiger partial charge in [-0.2, -0.15) is 0 Å². The van der Waals surface area contributed by atoms with Crippen LogP contribution >= 0.6 is 0 Å². The van der Waals surface area contributed by atoms with Crippen LogP contribution in [-0.2, 0) is 0 Å². The van der Waals surface area contributed by atoms with Crippen LogP contribution in [0.1, 0.15) is 75.6 Å². The van der Waals surface area contributed by atoms with E-state index < -0.39 is 17.7 Å². The van der Waals surface area contributed by atoms with Gasteiger partial charge in [-0.25, -0.2) is 9.97 Å². The van der Waals surface area contributed by atoms with E-state index in [1.807, 2.05) is 32.1 Å². The van der Waals surface area contributed by atoms with Crippen molar-refractivity contribution in [3.8, 4) is 11.8 Å². The minimum atomic E-state index is -0.708. The van der Waals surface area contributed by atoms with Crippen molar-refractivity contribution in [2.75, 3.05) is 19.6 Å². The first kappa shape index (κ1) is 30.5. The van der Waals surface area contributed by atoms with Crippen molar-refractivity contribution < 1.29 is 19.2 Å². The van der Waals surface area contributed by atoms with E-state index in [2.05, 4.69) is 37.8 Å². The zero-order chi connectivity index (χ0) is 29.8. The average molecular weight is 555 g/mol. The summed E-state index contributed by atoms with van der Waals surface area (Å²) in [7, 11) is 0. The van der Waals surface area contributed by atoms with Gasteiger partial charge in [0, 0.05) is 25.6 Å². The van der Waals surface area contributed by atoms with E-state index >= 15 is 0 Å². The van der Waals surface area contributed by atoms with E-state index in [-0.39, 0.29) is 47.7 Å². The lowest BCUT2D eigenvalue weighted by Crippen LogP contribution is -2.31. The fourth-order valence-electron chi connectivity index (χ4n) is 4.11. The maximum absolute atomic E-state index is 12.8. The number of allylic oxidation sites excluding steroid dienone is 3. The molecule has 1 atom stereocenters. The summed E-state index contributed by atoms with van der Waals surface area (Å²) in [5, 5.41) is 8.48. The highest BCUT2D eigenvalue weighted by molar-refractivity contribution is 5.97. The van der Waals surface area contributed by atoms with Crippen LogP contribution < -0.4 is 21.7 Å². The van der Waals surface area contributed by atoms with Gasteiger partial charge < -0.3 is 21.7 Å². The molecule has 0 aliphatic heterocycles. The average Bonchev–Trinajstić information content (AvgIpc) is 2.98. The second kappa shape index (κ2) is 14.9. The van der Waals surface area contributed by atoms with Crippen molar-refractivity contribution in [1.29, 1.82) is 0 Å². The van der Waals surface area contributed by atoms with Crippen molar-refractivity contribution >= 4 is 23.6 Å². The number of nitrogens with two attached hydrogens (primary N) is 1. The van der Waals surface area contributed by atoms with Gasteiger partial charge in [0.2, 0.25) is 0 Å². The number of aromatic nitrogens is 2. The van der Waals surface area contributed by atoms with Gasteiger partial charge in [0.1, 0.15) is 22.8 Å². The predicted octanol–water partition coefficient (Wildman–Crippen LogP) is 2.72. The van der Waals surface area contributed by atoms with E-state index in [0.29, 0.717) is 13.0 Å². The molecule has 0 unspecified atom stereocenters. The third-order valence-electron chi connectivity index (χ3n) is 6.22. The Kier molecular flexibility index (Phi) is 11.1. The largest absolute Gasteiger partial charge is 0.364 e. The van der Waals surface area contributed by atoms with Crippen LogP contribution in [0.15, 0.2) is 71.3 Å². The molecule has 2 aromatic rings. The number of carbonyl (C=O) groups excluding carboxylic acids is 4. The lowest BCUT2D eigenvalue weighted by Gasteiger charge is -2.22. The van der Waals surface area contributed by atoms with E-state index in [1.54, 1.807) is 31.2 Å². The van der Waals surface area contributed by atoms with Crippen molar-refractivity contribution in [2.45, 2.75) is 33.6 Å². The number of amides is 4. The summed E-state index contributed by atoms with van der Waals surface area (Å²) in [5.41, 5.74) is 8.56. The monoisotopic (exact) mass is 554 g/mol. The van der Waals surface area contributed by atoms with Crippen molar-refractivity contribution in [1.82, 2.24) is 25.9 Å². The van der Waals surface area contributed by atoms with Gasteiger partial charge in [0.15, 0.2) is 0 Å². The highest BCUT2D eigenvalue weighted by Gasteiger charge is 2.20. The molecule has 3 rings (SSSR count). The molecule has 4 amide bonds. The standard InChI is InChI=1S/C31H34N6O4/c1-4-8-20(3)17-33-29(39)26-12-7-13-27(37-26)31(41)35-19-23-15-14-21(16-22(23)9-5-2)18-34-30(40)25-11-6-10-24(36-25)28(32)38/h6-8,10-15,22H,4,16-19H2,1-3H3,(H2,32,38)(H,33,39)(H,34,40)(H,35,41)/b20-8+/t22-/m0/s1. The highest BCUT2D eigenvalue weighted by Crippen LogP contribution is 2.24.